The van der Waals surface area contributed by atoms with E-state index in [2.05, 4.69) is 19.2 Å². The van der Waals surface area contributed by atoms with E-state index in [0.717, 1.165) is 17.7 Å². The lowest BCUT2D eigenvalue weighted by atomic mass is 9.84. The number of rotatable bonds is 5. The Hall–Kier alpha value is -1.51. The number of carbonyl (C=O) groups is 1. The molecule has 0 heterocycles. The molecule has 3 nitrogen and oxygen atoms in total. The van der Waals surface area contributed by atoms with Crippen LogP contribution in [0.1, 0.15) is 19.4 Å². The molecule has 1 amide bonds. The molecule has 0 aliphatic rings. The Kier molecular flexibility index (Phi) is 3.72. The Morgan fingerprint density at radius 1 is 1.47 bits per heavy atom. The third-order valence-corrected chi connectivity index (χ3v) is 2.48. The van der Waals surface area contributed by atoms with Crippen molar-refractivity contribution in [1.82, 2.24) is 5.32 Å². The highest BCUT2D eigenvalue weighted by atomic mass is 16.5. The molecule has 0 radical (unpaired) electrons. The Morgan fingerprint density at radius 3 is 2.80 bits per heavy atom. The molecular formula is C12H17NO2. The molecule has 3 heteroatoms. The van der Waals surface area contributed by atoms with Crippen LogP contribution in [-0.2, 0) is 10.2 Å². The van der Waals surface area contributed by atoms with Crippen molar-refractivity contribution >= 4 is 6.41 Å². The van der Waals surface area contributed by atoms with Gasteiger partial charge in [0.25, 0.3) is 0 Å². The zero-order valence-electron chi connectivity index (χ0n) is 9.41. The molecule has 0 atom stereocenters. The molecule has 0 aliphatic heterocycles. The molecule has 0 aliphatic carbocycles. The number of amides is 1. The van der Waals surface area contributed by atoms with E-state index in [1.54, 1.807) is 7.11 Å². The first-order chi connectivity index (χ1) is 7.10. The fraction of sp³-hybridized carbons (Fsp3) is 0.417. The molecule has 1 rings (SSSR count). The van der Waals surface area contributed by atoms with Gasteiger partial charge in [-0.1, -0.05) is 26.0 Å². The summed E-state index contributed by atoms with van der Waals surface area (Å²) in [6.07, 6.45) is 0.724. The minimum absolute atomic E-state index is 0.0878. The van der Waals surface area contributed by atoms with E-state index in [4.69, 9.17) is 4.74 Å². The van der Waals surface area contributed by atoms with Crippen LogP contribution in [0.3, 0.4) is 0 Å². The van der Waals surface area contributed by atoms with E-state index >= 15 is 0 Å². The number of ether oxygens (including phenoxy) is 1. The first kappa shape index (κ1) is 11.6. The highest BCUT2D eigenvalue weighted by molar-refractivity contribution is 5.46. The first-order valence-electron chi connectivity index (χ1n) is 4.92. The molecule has 0 spiro atoms. The Bertz CT molecular complexity index is 334. The SMILES string of the molecule is COc1cccc(C(C)(C)CNC=O)c1. The van der Waals surface area contributed by atoms with Crippen LogP contribution in [0.15, 0.2) is 24.3 Å². The second-order valence-corrected chi connectivity index (χ2v) is 4.11. The largest absolute Gasteiger partial charge is 0.497 e. The molecule has 15 heavy (non-hydrogen) atoms. The van der Waals surface area contributed by atoms with Gasteiger partial charge in [0.1, 0.15) is 5.75 Å². The van der Waals surface area contributed by atoms with Crippen LogP contribution in [0.2, 0.25) is 0 Å². The van der Waals surface area contributed by atoms with E-state index in [0.29, 0.717) is 6.54 Å². The van der Waals surface area contributed by atoms with Crippen LogP contribution in [-0.4, -0.2) is 20.1 Å². The molecule has 0 fully saturated rings. The molecule has 0 saturated heterocycles. The van der Waals surface area contributed by atoms with Crippen molar-refractivity contribution in [2.24, 2.45) is 0 Å². The van der Waals surface area contributed by atoms with Crippen LogP contribution in [0.5, 0.6) is 5.75 Å². The summed E-state index contributed by atoms with van der Waals surface area (Å²) >= 11 is 0. The lowest BCUT2D eigenvalue weighted by molar-refractivity contribution is -0.109. The van der Waals surface area contributed by atoms with Crippen molar-refractivity contribution in [3.63, 3.8) is 0 Å². The lowest BCUT2D eigenvalue weighted by Gasteiger charge is -2.25. The molecule has 0 unspecified atom stereocenters. The van der Waals surface area contributed by atoms with E-state index in [9.17, 15) is 4.79 Å². The number of nitrogens with one attached hydrogen (secondary N) is 1. The van der Waals surface area contributed by atoms with Gasteiger partial charge in [0.2, 0.25) is 6.41 Å². The maximum Gasteiger partial charge on any atom is 0.207 e. The topological polar surface area (TPSA) is 38.3 Å². The summed E-state index contributed by atoms with van der Waals surface area (Å²) < 4.78 is 5.16. The summed E-state index contributed by atoms with van der Waals surface area (Å²) in [7, 11) is 1.65. The van der Waals surface area contributed by atoms with Gasteiger partial charge in [-0.2, -0.15) is 0 Å². The van der Waals surface area contributed by atoms with Gasteiger partial charge in [0.15, 0.2) is 0 Å². The second kappa shape index (κ2) is 4.82. The van der Waals surface area contributed by atoms with Crippen LogP contribution in [0.4, 0.5) is 0 Å². The van der Waals surface area contributed by atoms with E-state index in [-0.39, 0.29) is 5.41 Å². The first-order valence-corrected chi connectivity index (χ1v) is 4.92. The maximum atomic E-state index is 10.3. The minimum atomic E-state index is -0.0878. The van der Waals surface area contributed by atoms with E-state index in [1.807, 2.05) is 24.3 Å². The number of benzene rings is 1. The monoisotopic (exact) mass is 207 g/mol. The van der Waals surface area contributed by atoms with Gasteiger partial charge in [0, 0.05) is 12.0 Å². The zero-order valence-corrected chi connectivity index (χ0v) is 9.41. The average molecular weight is 207 g/mol. The number of hydrogen-bond donors (Lipinski definition) is 1. The van der Waals surface area contributed by atoms with Crippen LogP contribution < -0.4 is 10.1 Å². The summed E-state index contributed by atoms with van der Waals surface area (Å²) in [6.45, 7) is 4.78. The van der Waals surface area contributed by atoms with Gasteiger partial charge >= 0.3 is 0 Å². The highest BCUT2D eigenvalue weighted by Crippen LogP contribution is 2.25. The van der Waals surface area contributed by atoms with E-state index in [1.165, 1.54) is 0 Å². The van der Waals surface area contributed by atoms with Crippen molar-refractivity contribution in [2.45, 2.75) is 19.3 Å². The number of hydrogen-bond acceptors (Lipinski definition) is 2. The Labute approximate surface area is 90.4 Å². The Morgan fingerprint density at radius 2 is 2.20 bits per heavy atom. The maximum absolute atomic E-state index is 10.3. The molecule has 0 aromatic heterocycles. The van der Waals surface area contributed by atoms with Crippen LogP contribution in [0, 0.1) is 0 Å². The number of carbonyl (C=O) groups excluding carboxylic acids is 1. The normalized spacial score (nSPS) is 10.9. The van der Waals surface area contributed by atoms with Crippen molar-refractivity contribution in [2.75, 3.05) is 13.7 Å². The summed E-state index contributed by atoms with van der Waals surface area (Å²) in [6, 6.07) is 7.89. The van der Waals surface area contributed by atoms with Gasteiger partial charge < -0.3 is 10.1 Å². The molecule has 0 saturated carbocycles. The number of methoxy groups -OCH3 is 1. The van der Waals surface area contributed by atoms with Crippen LogP contribution >= 0.6 is 0 Å². The smallest absolute Gasteiger partial charge is 0.207 e. The van der Waals surface area contributed by atoms with Gasteiger partial charge in [-0.3, -0.25) is 4.79 Å². The van der Waals surface area contributed by atoms with E-state index < -0.39 is 0 Å². The molecule has 1 aromatic carbocycles. The van der Waals surface area contributed by atoms with Gasteiger partial charge in [-0.25, -0.2) is 0 Å². The van der Waals surface area contributed by atoms with Crippen molar-refractivity contribution < 1.29 is 9.53 Å². The quantitative estimate of drug-likeness (QED) is 0.746. The molecule has 1 aromatic rings. The highest BCUT2D eigenvalue weighted by Gasteiger charge is 2.20. The van der Waals surface area contributed by atoms with Gasteiger partial charge in [-0.05, 0) is 17.7 Å². The molecule has 82 valence electrons. The van der Waals surface area contributed by atoms with Crippen molar-refractivity contribution in [1.29, 1.82) is 0 Å². The fourth-order valence-electron chi connectivity index (χ4n) is 1.44. The van der Waals surface area contributed by atoms with Gasteiger partial charge in [0.05, 0.1) is 7.11 Å². The Balaban J connectivity index is 2.87. The third-order valence-electron chi connectivity index (χ3n) is 2.48. The van der Waals surface area contributed by atoms with Crippen molar-refractivity contribution in [3.8, 4) is 5.75 Å². The minimum Gasteiger partial charge on any atom is -0.497 e. The summed E-state index contributed by atoms with van der Waals surface area (Å²) in [4.78, 5) is 10.3. The van der Waals surface area contributed by atoms with Crippen LogP contribution in [0.25, 0.3) is 0 Å². The van der Waals surface area contributed by atoms with Crippen molar-refractivity contribution in [3.05, 3.63) is 29.8 Å². The lowest BCUT2D eigenvalue weighted by Crippen LogP contribution is -2.32. The fourth-order valence-corrected chi connectivity index (χ4v) is 1.44. The summed E-state index contributed by atoms with van der Waals surface area (Å²) in [5.41, 5.74) is 1.06. The van der Waals surface area contributed by atoms with Gasteiger partial charge in [-0.15, -0.1) is 0 Å². The molecule has 0 bridgehead atoms. The second-order valence-electron chi connectivity index (χ2n) is 4.11. The predicted octanol–water partition coefficient (Wildman–Crippen LogP) is 1.72. The average Bonchev–Trinajstić information content (AvgIpc) is 2.26. The third kappa shape index (κ3) is 2.98. The standard InChI is InChI=1S/C12H17NO2/c1-12(2,8-13-9-14)10-5-4-6-11(7-10)15-3/h4-7,9H,8H2,1-3H3,(H,13,14). The summed E-state index contributed by atoms with van der Waals surface area (Å²) in [5.74, 6) is 0.840. The zero-order chi connectivity index (χ0) is 11.3. The molecule has 1 N–H and O–H groups in total. The summed E-state index contributed by atoms with van der Waals surface area (Å²) in [5, 5.41) is 2.70. The predicted molar refractivity (Wildman–Crippen MR) is 60.1 cm³/mol. The molecular weight excluding hydrogens is 190 g/mol.